The van der Waals surface area contributed by atoms with Crippen LogP contribution in [0.15, 0.2) is 0 Å². The van der Waals surface area contributed by atoms with E-state index in [4.69, 9.17) is 4.74 Å². The molecule has 1 heterocycles. The fraction of sp³-hybridized carbons (Fsp3) is 1.00. The number of rotatable bonds is 1. The molecule has 1 saturated carbocycles. The summed E-state index contributed by atoms with van der Waals surface area (Å²) in [6, 6.07) is 0. The molecule has 2 unspecified atom stereocenters. The molecule has 0 spiro atoms. The van der Waals surface area contributed by atoms with Crippen LogP contribution >= 0.6 is 0 Å². The molecule has 2 atom stereocenters. The van der Waals surface area contributed by atoms with Crippen LogP contribution in [-0.2, 0) is 4.74 Å². The van der Waals surface area contributed by atoms with Gasteiger partial charge in [0.2, 0.25) is 0 Å². The van der Waals surface area contributed by atoms with Crippen molar-refractivity contribution in [2.24, 2.45) is 11.8 Å². The van der Waals surface area contributed by atoms with Crippen molar-refractivity contribution in [3.63, 3.8) is 0 Å². The Balaban J connectivity index is 2.03. The smallest absolute Gasteiger partial charge is 0.0702 e. The second-order valence-electron chi connectivity index (χ2n) is 5.02. The molecule has 0 amide bonds. The average molecular weight is 198 g/mol. The van der Waals surface area contributed by atoms with E-state index in [1.54, 1.807) is 0 Å². The molecule has 0 aromatic rings. The summed E-state index contributed by atoms with van der Waals surface area (Å²) in [5.41, 5.74) is -0.373. The molecule has 2 rings (SSSR count). The summed E-state index contributed by atoms with van der Waals surface area (Å²) in [5, 5.41) is 10.7. The van der Waals surface area contributed by atoms with Crippen molar-refractivity contribution in [2.45, 2.75) is 51.0 Å². The van der Waals surface area contributed by atoms with Crippen LogP contribution < -0.4 is 0 Å². The van der Waals surface area contributed by atoms with Gasteiger partial charge in [-0.05, 0) is 37.5 Å². The van der Waals surface area contributed by atoms with Gasteiger partial charge in [0.1, 0.15) is 0 Å². The molecule has 0 radical (unpaired) electrons. The van der Waals surface area contributed by atoms with Crippen LogP contribution in [0, 0.1) is 11.8 Å². The quantitative estimate of drug-likeness (QED) is 0.701. The number of aliphatic hydroxyl groups is 1. The van der Waals surface area contributed by atoms with Gasteiger partial charge in [0, 0.05) is 13.2 Å². The number of ether oxygens (including phenoxy) is 1. The van der Waals surface area contributed by atoms with E-state index in [0.717, 1.165) is 32.5 Å². The Morgan fingerprint density at radius 2 is 1.86 bits per heavy atom. The number of hydrogen-bond donors (Lipinski definition) is 1. The highest BCUT2D eigenvalue weighted by Gasteiger charge is 2.43. The van der Waals surface area contributed by atoms with Gasteiger partial charge in [-0.3, -0.25) is 0 Å². The van der Waals surface area contributed by atoms with Gasteiger partial charge in [-0.2, -0.15) is 0 Å². The van der Waals surface area contributed by atoms with Crippen LogP contribution in [0.2, 0.25) is 0 Å². The molecule has 0 aromatic carbocycles. The minimum Gasteiger partial charge on any atom is -0.389 e. The van der Waals surface area contributed by atoms with E-state index in [1.165, 1.54) is 19.3 Å². The molecular weight excluding hydrogens is 176 g/mol. The molecule has 2 aliphatic rings. The Bertz CT molecular complexity index is 187. The lowest BCUT2D eigenvalue weighted by molar-refractivity contribution is -0.117. The zero-order valence-electron chi connectivity index (χ0n) is 9.17. The van der Waals surface area contributed by atoms with E-state index in [-0.39, 0.29) is 5.60 Å². The van der Waals surface area contributed by atoms with Crippen molar-refractivity contribution < 1.29 is 9.84 Å². The molecule has 82 valence electrons. The summed E-state index contributed by atoms with van der Waals surface area (Å²) in [5.74, 6) is 0.978. The first-order valence-electron chi connectivity index (χ1n) is 6.03. The van der Waals surface area contributed by atoms with Gasteiger partial charge in [0.15, 0.2) is 0 Å². The summed E-state index contributed by atoms with van der Waals surface area (Å²) in [7, 11) is 0. The first-order chi connectivity index (χ1) is 6.73. The molecule has 1 saturated heterocycles. The molecule has 1 aliphatic carbocycles. The van der Waals surface area contributed by atoms with Crippen LogP contribution in [0.4, 0.5) is 0 Å². The van der Waals surface area contributed by atoms with Crippen LogP contribution in [0.1, 0.15) is 45.4 Å². The molecule has 14 heavy (non-hydrogen) atoms. The van der Waals surface area contributed by atoms with Crippen LogP contribution in [0.25, 0.3) is 0 Å². The Labute approximate surface area is 86.6 Å². The van der Waals surface area contributed by atoms with Crippen molar-refractivity contribution in [1.82, 2.24) is 0 Å². The van der Waals surface area contributed by atoms with Crippen LogP contribution in [0.5, 0.6) is 0 Å². The van der Waals surface area contributed by atoms with Gasteiger partial charge in [-0.25, -0.2) is 0 Å². The fourth-order valence-corrected chi connectivity index (χ4v) is 3.16. The van der Waals surface area contributed by atoms with Crippen LogP contribution in [-0.4, -0.2) is 23.9 Å². The zero-order valence-corrected chi connectivity index (χ0v) is 9.17. The van der Waals surface area contributed by atoms with E-state index in [2.05, 4.69) is 6.92 Å². The molecule has 2 heteroatoms. The topological polar surface area (TPSA) is 29.5 Å². The Morgan fingerprint density at radius 3 is 2.50 bits per heavy atom. The molecule has 1 aliphatic heterocycles. The van der Waals surface area contributed by atoms with Gasteiger partial charge in [-0.1, -0.05) is 19.8 Å². The first-order valence-corrected chi connectivity index (χ1v) is 6.03. The molecule has 1 N–H and O–H groups in total. The zero-order chi connectivity index (χ0) is 10.0. The maximum Gasteiger partial charge on any atom is 0.0702 e. The van der Waals surface area contributed by atoms with E-state index >= 15 is 0 Å². The lowest BCUT2D eigenvalue weighted by Crippen LogP contribution is -2.48. The highest BCUT2D eigenvalue weighted by atomic mass is 16.5. The van der Waals surface area contributed by atoms with Gasteiger partial charge < -0.3 is 9.84 Å². The fourth-order valence-electron chi connectivity index (χ4n) is 3.16. The van der Waals surface area contributed by atoms with Gasteiger partial charge in [0.25, 0.3) is 0 Å². The lowest BCUT2D eigenvalue weighted by Gasteiger charge is -2.45. The van der Waals surface area contributed by atoms with E-state index < -0.39 is 0 Å². The maximum absolute atomic E-state index is 10.7. The minimum absolute atomic E-state index is 0.373. The standard InChI is InChI=1S/C12H22O2/c1-10-4-2-3-7-12(10,13)11-5-8-14-9-6-11/h10-11,13H,2-9H2,1H3. The Morgan fingerprint density at radius 1 is 1.14 bits per heavy atom. The van der Waals surface area contributed by atoms with E-state index in [1.807, 2.05) is 0 Å². The predicted octanol–water partition coefficient (Wildman–Crippen LogP) is 2.35. The summed E-state index contributed by atoms with van der Waals surface area (Å²) in [6.45, 7) is 3.91. The Hall–Kier alpha value is -0.0800. The van der Waals surface area contributed by atoms with E-state index in [0.29, 0.717) is 11.8 Å². The summed E-state index contributed by atoms with van der Waals surface area (Å²) >= 11 is 0. The summed E-state index contributed by atoms with van der Waals surface area (Å²) in [4.78, 5) is 0. The van der Waals surface area contributed by atoms with Crippen molar-refractivity contribution in [1.29, 1.82) is 0 Å². The molecule has 2 nitrogen and oxygen atoms in total. The third-order valence-electron chi connectivity index (χ3n) is 4.25. The third kappa shape index (κ3) is 1.82. The van der Waals surface area contributed by atoms with Gasteiger partial charge in [-0.15, -0.1) is 0 Å². The maximum atomic E-state index is 10.7. The van der Waals surface area contributed by atoms with Crippen LogP contribution in [0.3, 0.4) is 0 Å². The normalized spacial score (nSPS) is 41.1. The van der Waals surface area contributed by atoms with Gasteiger partial charge in [0.05, 0.1) is 5.60 Å². The SMILES string of the molecule is CC1CCCCC1(O)C1CCOCC1. The van der Waals surface area contributed by atoms with Crippen molar-refractivity contribution in [3.05, 3.63) is 0 Å². The molecule has 0 aromatic heterocycles. The molecule has 0 bridgehead atoms. The Kier molecular flexibility index (Phi) is 3.13. The summed E-state index contributed by atoms with van der Waals surface area (Å²) in [6.07, 6.45) is 6.83. The van der Waals surface area contributed by atoms with E-state index in [9.17, 15) is 5.11 Å². The molecule has 2 fully saturated rings. The average Bonchev–Trinajstić information content (AvgIpc) is 2.24. The summed E-state index contributed by atoms with van der Waals surface area (Å²) < 4.78 is 5.36. The van der Waals surface area contributed by atoms with Crippen molar-refractivity contribution in [2.75, 3.05) is 13.2 Å². The second-order valence-corrected chi connectivity index (χ2v) is 5.02. The first kappa shape index (κ1) is 10.4. The van der Waals surface area contributed by atoms with Crippen molar-refractivity contribution in [3.8, 4) is 0 Å². The number of hydrogen-bond acceptors (Lipinski definition) is 2. The predicted molar refractivity (Wildman–Crippen MR) is 56.1 cm³/mol. The largest absolute Gasteiger partial charge is 0.389 e. The highest BCUT2D eigenvalue weighted by Crippen LogP contribution is 2.42. The van der Waals surface area contributed by atoms with Gasteiger partial charge >= 0.3 is 0 Å². The second kappa shape index (κ2) is 4.19. The lowest BCUT2D eigenvalue weighted by atomic mass is 9.67. The minimum atomic E-state index is -0.373. The molecular formula is C12H22O2. The highest BCUT2D eigenvalue weighted by molar-refractivity contribution is 4.94. The monoisotopic (exact) mass is 198 g/mol. The third-order valence-corrected chi connectivity index (χ3v) is 4.25. The van der Waals surface area contributed by atoms with Crippen molar-refractivity contribution >= 4 is 0 Å².